The molecule has 0 aromatic heterocycles. The molecule has 1 saturated heterocycles. The quantitative estimate of drug-likeness (QED) is 0.570. The molecule has 0 N–H and O–H groups in total. The summed E-state index contributed by atoms with van der Waals surface area (Å²) in [6.07, 6.45) is 0. The van der Waals surface area contributed by atoms with Crippen LogP contribution in [0.5, 0.6) is 11.5 Å². The molecule has 2 aliphatic heterocycles. The van der Waals surface area contributed by atoms with Crippen molar-refractivity contribution in [2.45, 2.75) is 19.6 Å². The summed E-state index contributed by atoms with van der Waals surface area (Å²) in [5.74, 6) is 2.36. The highest BCUT2D eigenvalue weighted by Gasteiger charge is 2.30. The Balaban J connectivity index is 1.41. The zero-order valence-electron chi connectivity index (χ0n) is 18.9. The van der Waals surface area contributed by atoms with Crippen molar-refractivity contribution >= 4 is 21.5 Å². The Hall–Kier alpha value is -3.16. The van der Waals surface area contributed by atoms with Crippen LogP contribution in [0.25, 0.3) is 0 Å². The maximum atomic E-state index is 13.0. The second-order valence-corrected chi connectivity index (χ2v) is 10.6. The van der Waals surface area contributed by atoms with Crippen molar-refractivity contribution in [1.29, 1.82) is 0 Å². The maximum Gasteiger partial charge on any atom is 0.218 e. The fourth-order valence-corrected chi connectivity index (χ4v) is 5.81. The van der Waals surface area contributed by atoms with Crippen LogP contribution in [0.3, 0.4) is 0 Å². The first-order chi connectivity index (χ1) is 15.9. The van der Waals surface area contributed by atoms with E-state index in [0.29, 0.717) is 26.2 Å². The van der Waals surface area contributed by atoms with E-state index in [1.165, 1.54) is 0 Å². The Morgan fingerprint density at radius 1 is 0.848 bits per heavy atom. The highest BCUT2D eigenvalue weighted by Crippen LogP contribution is 2.39. The van der Waals surface area contributed by atoms with E-state index in [1.807, 2.05) is 74.5 Å². The lowest BCUT2D eigenvalue weighted by molar-refractivity contribution is 0.266. The van der Waals surface area contributed by atoms with Gasteiger partial charge in [0, 0.05) is 26.2 Å². The van der Waals surface area contributed by atoms with Gasteiger partial charge in [-0.05, 0) is 49.2 Å². The van der Waals surface area contributed by atoms with Crippen molar-refractivity contribution in [3.63, 3.8) is 0 Å². The number of nitrogens with zero attached hydrogens (tertiary/aromatic N) is 3. The van der Waals surface area contributed by atoms with Gasteiger partial charge in [-0.25, -0.2) is 13.4 Å². The zero-order chi connectivity index (χ0) is 23.0. The number of amidine groups is 1. The molecule has 0 bridgehead atoms. The van der Waals surface area contributed by atoms with Crippen LogP contribution in [0, 0.1) is 13.8 Å². The van der Waals surface area contributed by atoms with Crippen molar-refractivity contribution in [3.8, 4) is 11.5 Å². The lowest BCUT2D eigenvalue weighted by atomic mass is 10.1. The lowest BCUT2D eigenvalue weighted by Gasteiger charge is -2.36. The monoisotopic (exact) mass is 461 g/mol. The molecule has 5 rings (SSSR count). The van der Waals surface area contributed by atoms with Gasteiger partial charge in [0.25, 0.3) is 0 Å². The normalized spacial score (nSPS) is 16.3. The summed E-state index contributed by atoms with van der Waals surface area (Å²) in [6.45, 7) is 6.08. The average molecular weight is 462 g/mol. The molecule has 0 unspecified atom stereocenters. The van der Waals surface area contributed by atoms with E-state index >= 15 is 0 Å². The minimum Gasteiger partial charge on any atom is -0.454 e. The molecule has 1 fully saturated rings. The van der Waals surface area contributed by atoms with Crippen LogP contribution in [0.2, 0.25) is 0 Å². The van der Waals surface area contributed by atoms with Crippen molar-refractivity contribution in [2.24, 2.45) is 4.99 Å². The van der Waals surface area contributed by atoms with E-state index in [4.69, 9.17) is 9.73 Å². The number of rotatable bonds is 3. The molecule has 0 aliphatic carbocycles. The van der Waals surface area contributed by atoms with Crippen LogP contribution in [-0.4, -0.2) is 49.6 Å². The molecule has 0 spiro atoms. The van der Waals surface area contributed by atoms with E-state index < -0.39 is 10.0 Å². The van der Waals surface area contributed by atoms with Crippen LogP contribution in [0.4, 0.5) is 5.69 Å². The van der Waals surface area contributed by atoms with Crippen molar-refractivity contribution < 1.29 is 13.2 Å². The van der Waals surface area contributed by atoms with Gasteiger partial charge < -0.3 is 9.64 Å². The van der Waals surface area contributed by atoms with Crippen molar-refractivity contribution in [1.82, 2.24) is 9.21 Å². The van der Waals surface area contributed by atoms with Gasteiger partial charge in [0.2, 0.25) is 10.0 Å². The number of aliphatic imine (C=N–C) groups is 1. The molecule has 6 nitrogen and oxygen atoms in total. The second-order valence-electron chi connectivity index (χ2n) is 8.64. The Morgan fingerprint density at radius 3 is 2.30 bits per heavy atom. The first-order valence-corrected chi connectivity index (χ1v) is 12.7. The summed E-state index contributed by atoms with van der Waals surface area (Å²) in [6, 6.07) is 21.4. The third kappa shape index (κ3) is 4.51. The van der Waals surface area contributed by atoms with Gasteiger partial charge in [0.1, 0.15) is 17.3 Å². The minimum atomic E-state index is -3.38. The summed E-state index contributed by atoms with van der Waals surface area (Å²) in [4.78, 5) is 7.16. The van der Waals surface area contributed by atoms with Crippen LogP contribution < -0.4 is 4.74 Å². The van der Waals surface area contributed by atoms with Gasteiger partial charge in [-0.15, -0.1) is 0 Å². The summed E-state index contributed by atoms with van der Waals surface area (Å²) >= 11 is 0. The summed E-state index contributed by atoms with van der Waals surface area (Å²) in [7, 11) is -3.38. The number of piperazine rings is 1. The molecule has 33 heavy (non-hydrogen) atoms. The molecule has 3 aromatic rings. The van der Waals surface area contributed by atoms with Gasteiger partial charge in [-0.3, -0.25) is 0 Å². The third-order valence-electron chi connectivity index (χ3n) is 6.06. The van der Waals surface area contributed by atoms with Crippen LogP contribution in [0.1, 0.15) is 22.3 Å². The summed E-state index contributed by atoms with van der Waals surface area (Å²) in [5.41, 5.74) is 4.75. The number of hydrogen-bond acceptors (Lipinski definition) is 5. The topological polar surface area (TPSA) is 62.2 Å². The number of sulfonamides is 1. The Morgan fingerprint density at radius 2 is 1.55 bits per heavy atom. The number of hydrogen-bond donors (Lipinski definition) is 0. The van der Waals surface area contributed by atoms with Gasteiger partial charge in [0.05, 0.1) is 11.3 Å². The third-order valence-corrected chi connectivity index (χ3v) is 7.91. The Kier molecular flexibility index (Phi) is 5.68. The van der Waals surface area contributed by atoms with Crippen molar-refractivity contribution in [3.05, 3.63) is 89.0 Å². The maximum absolute atomic E-state index is 13.0. The molecule has 2 aliphatic rings. The minimum absolute atomic E-state index is 0.0252. The standard InChI is InChI=1S/C26H27N3O3S/c1-19-9-11-24-22(16-19)26(27-23-10-8-20(2)17-25(23)32-24)28-12-14-29(15-13-28)33(30,31)18-21-6-4-3-5-7-21/h3-11,16-17H,12-15,18H2,1-2H3. The largest absolute Gasteiger partial charge is 0.454 e. The number of aryl methyl sites for hydroxylation is 2. The summed E-state index contributed by atoms with van der Waals surface area (Å²) < 4.78 is 33.8. The first kappa shape index (κ1) is 21.7. The highest BCUT2D eigenvalue weighted by atomic mass is 32.2. The van der Waals surface area contributed by atoms with Gasteiger partial charge in [-0.2, -0.15) is 4.31 Å². The predicted octanol–water partition coefficient (Wildman–Crippen LogP) is 4.64. The Labute approximate surface area is 195 Å². The van der Waals surface area contributed by atoms with Crippen LogP contribution in [0.15, 0.2) is 71.7 Å². The Bertz CT molecular complexity index is 1310. The fraction of sp³-hybridized carbons (Fsp3) is 0.269. The molecule has 3 aromatic carbocycles. The molecule has 7 heteroatoms. The molecule has 0 saturated carbocycles. The second kappa shape index (κ2) is 8.65. The SMILES string of the molecule is Cc1ccc2c(c1)Oc1ccc(C)cc1C(N1CCN(S(=O)(=O)Cc3ccccc3)CC1)=N2. The highest BCUT2D eigenvalue weighted by molar-refractivity contribution is 7.88. The molecule has 0 atom stereocenters. The average Bonchev–Trinajstić information content (AvgIpc) is 2.96. The number of fused-ring (bicyclic) bond motifs is 2. The van der Waals surface area contributed by atoms with E-state index in [0.717, 1.165) is 45.3 Å². The van der Waals surface area contributed by atoms with Crippen molar-refractivity contribution in [2.75, 3.05) is 26.2 Å². The van der Waals surface area contributed by atoms with Gasteiger partial charge in [0.15, 0.2) is 5.75 Å². The van der Waals surface area contributed by atoms with Gasteiger partial charge in [-0.1, -0.05) is 48.0 Å². The molecule has 0 radical (unpaired) electrons. The van der Waals surface area contributed by atoms with Crippen LogP contribution in [-0.2, 0) is 15.8 Å². The van der Waals surface area contributed by atoms with E-state index in [9.17, 15) is 8.42 Å². The van der Waals surface area contributed by atoms with Gasteiger partial charge >= 0.3 is 0 Å². The van der Waals surface area contributed by atoms with E-state index in [-0.39, 0.29) is 5.75 Å². The zero-order valence-corrected chi connectivity index (χ0v) is 19.7. The van der Waals surface area contributed by atoms with E-state index in [1.54, 1.807) is 4.31 Å². The number of ether oxygens (including phenoxy) is 1. The smallest absolute Gasteiger partial charge is 0.218 e. The molecule has 2 heterocycles. The molecular formula is C26H27N3O3S. The fourth-order valence-electron chi connectivity index (χ4n) is 4.29. The number of benzene rings is 3. The first-order valence-electron chi connectivity index (χ1n) is 11.1. The predicted molar refractivity (Wildman–Crippen MR) is 131 cm³/mol. The molecular weight excluding hydrogens is 434 g/mol. The lowest BCUT2D eigenvalue weighted by Crippen LogP contribution is -2.51. The van der Waals surface area contributed by atoms with E-state index in [2.05, 4.69) is 11.0 Å². The van der Waals surface area contributed by atoms with Crippen LogP contribution >= 0.6 is 0 Å². The molecule has 0 amide bonds. The summed E-state index contributed by atoms with van der Waals surface area (Å²) in [5, 5.41) is 0. The molecule has 170 valence electrons.